The van der Waals surface area contributed by atoms with Crippen LogP contribution >= 0.6 is 11.6 Å². The molecule has 0 heterocycles. The number of carbonyl (C=O) groups is 1. The molecule has 0 bridgehead atoms. The van der Waals surface area contributed by atoms with Crippen LogP contribution in [0.15, 0.2) is 42.5 Å². The molecule has 25 heavy (non-hydrogen) atoms. The van der Waals surface area contributed by atoms with Crippen LogP contribution in [0.5, 0.6) is 0 Å². The number of anilines is 1. The molecule has 0 saturated heterocycles. The average Bonchev–Trinajstić information content (AvgIpc) is 2.50. The van der Waals surface area contributed by atoms with Crippen molar-refractivity contribution in [3.63, 3.8) is 0 Å². The number of hydrogen-bond acceptors (Lipinski definition) is 3. The van der Waals surface area contributed by atoms with Crippen molar-refractivity contribution in [2.45, 2.75) is 20.4 Å². The molecule has 0 spiro atoms. The van der Waals surface area contributed by atoms with Gasteiger partial charge in [-0.3, -0.25) is 4.79 Å². The minimum absolute atomic E-state index is 0.141. The maximum absolute atomic E-state index is 12.3. The van der Waals surface area contributed by atoms with Gasteiger partial charge in [-0.05, 0) is 37.1 Å². The van der Waals surface area contributed by atoms with Crippen molar-refractivity contribution >= 4 is 33.2 Å². The summed E-state index contributed by atoms with van der Waals surface area (Å²) < 4.78 is 25.3. The van der Waals surface area contributed by atoms with E-state index >= 15 is 0 Å². The van der Waals surface area contributed by atoms with Crippen molar-refractivity contribution in [2.75, 3.05) is 18.1 Å². The number of carbonyl (C=O) groups excluding carboxylic acids is 1. The molecule has 0 unspecified atom stereocenters. The summed E-state index contributed by atoms with van der Waals surface area (Å²) in [6.07, 6.45) is 1.10. The van der Waals surface area contributed by atoms with Crippen LogP contribution in [0, 0.1) is 13.8 Å². The van der Waals surface area contributed by atoms with E-state index in [-0.39, 0.29) is 13.1 Å². The summed E-state index contributed by atoms with van der Waals surface area (Å²) in [5, 5.41) is 3.26. The fraction of sp³-hybridized carbons (Fsp3) is 0.278. The van der Waals surface area contributed by atoms with Crippen LogP contribution in [-0.4, -0.2) is 31.4 Å². The monoisotopic (exact) mass is 380 g/mol. The maximum atomic E-state index is 12.3. The first-order valence-electron chi connectivity index (χ1n) is 7.72. The minimum atomic E-state index is -3.54. The molecule has 2 aromatic rings. The first kappa shape index (κ1) is 19.4. The highest BCUT2D eigenvalue weighted by Gasteiger charge is 2.21. The third-order valence-electron chi connectivity index (χ3n) is 3.77. The molecule has 0 atom stereocenters. The van der Waals surface area contributed by atoms with Crippen molar-refractivity contribution in [1.29, 1.82) is 0 Å². The fourth-order valence-electron chi connectivity index (χ4n) is 2.40. The lowest BCUT2D eigenvalue weighted by molar-refractivity contribution is -0.116. The number of amides is 1. The fourth-order valence-corrected chi connectivity index (χ4v) is 3.31. The van der Waals surface area contributed by atoms with E-state index in [0.29, 0.717) is 10.7 Å². The first-order chi connectivity index (χ1) is 11.7. The standard InChI is InChI=1S/C18H21ClN2O3S/c1-13-6-4-7-15(10-13)11-21(25(3,23)24)12-18(22)20-17-9-5-8-16(19)14(17)2/h4-10H,11-12H2,1-3H3,(H,20,22). The number of hydrogen-bond donors (Lipinski definition) is 1. The third kappa shape index (κ3) is 5.56. The zero-order chi connectivity index (χ0) is 18.6. The molecule has 0 aliphatic rings. The Morgan fingerprint density at radius 2 is 1.84 bits per heavy atom. The summed E-state index contributed by atoms with van der Waals surface area (Å²) in [5.41, 5.74) is 3.17. The van der Waals surface area contributed by atoms with Gasteiger partial charge in [-0.2, -0.15) is 4.31 Å². The van der Waals surface area contributed by atoms with E-state index in [1.807, 2.05) is 31.2 Å². The number of aryl methyl sites for hydroxylation is 1. The Morgan fingerprint density at radius 1 is 1.16 bits per heavy atom. The van der Waals surface area contributed by atoms with Gasteiger partial charge in [0.15, 0.2) is 0 Å². The first-order valence-corrected chi connectivity index (χ1v) is 9.95. The van der Waals surface area contributed by atoms with Gasteiger partial charge in [0.2, 0.25) is 15.9 Å². The van der Waals surface area contributed by atoms with Gasteiger partial charge in [0.25, 0.3) is 0 Å². The number of benzene rings is 2. The quantitative estimate of drug-likeness (QED) is 0.835. The van der Waals surface area contributed by atoms with E-state index in [1.54, 1.807) is 25.1 Å². The number of sulfonamides is 1. The van der Waals surface area contributed by atoms with Crippen LogP contribution in [0.4, 0.5) is 5.69 Å². The average molecular weight is 381 g/mol. The Bertz CT molecular complexity index is 882. The normalized spacial score (nSPS) is 11.6. The van der Waals surface area contributed by atoms with Gasteiger partial charge in [0.1, 0.15) is 0 Å². The highest BCUT2D eigenvalue weighted by molar-refractivity contribution is 7.88. The van der Waals surface area contributed by atoms with E-state index in [9.17, 15) is 13.2 Å². The Balaban J connectivity index is 2.14. The number of nitrogens with zero attached hydrogens (tertiary/aromatic N) is 1. The third-order valence-corrected chi connectivity index (χ3v) is 5.38. The van der Waals surface area contributed by atoms with Crippen molar-refractivity contribution in [2.24, 2.45) is 0 Å². The van der Waals surface area contributed by atoms with Gasteiger partial charge in [-0.25, -0.2) is 8.42 Å². The van der Waals surface area contributed by atoms with Crippen LogP contribution < -0.4 is 5.32 Å². The zero-order valence-electron chi connectivity index (χ0n) is 14.4. The molecule has 0 aliphatic carbocycles. The van der Waals surface area contributed by atoms with Gasteiger partial charge in [0, 0.05) is 17.3 Å². The lowest BCUT2D eigenvalue weighted by Gasteiger charge is -2.20. The maximum Gasteiger partial charge on any atom is 0.239 e. The van der Waals surface area contributed by atoms with Crippen molar-refractivity contribution in [1.82, 2.24) is 4.31 Å². The predicted molar refractivity (Wildman–Crippen MR) is 101 cm³/mol. The highest BCUT2D eigenvalue weighted by Crippen LogP contribution is 2.23. The molecule has 2 rings (SSSR count). The van der Waals surface area contributed by atoms with E-state index in [2.05, 4.69) is 5.32 Å². The van der Waals surface area contributed by atoms with E-state index in [0.717, 1.165) is 27.3 Å². The summed E-state index contributed by atoms with van der Waals surface area (Å²) >= 11 is 6.04. The van der Waals surface area contributed by atoms with Crippen LogP contribution in [-0.2, 0) is 21.4 Å². The molecule has 7 heteroatoms. The highest BCUT2D eigenvalue weighted by atomic mass is 35.5. The predicted octanol–water partition coefficient (Wildman–Crippen LogP) is 3.36. The molecule has 0 saturated carbocycles. The van der Waals surface area contributed by atoms with Gasteiger partial charge in [-0.1, -0.05) is 47.5 Å². The Morgan fingerprint density at radius 3 is 2.48 bits per heavy atom. The van der Waals surface area contributed by atoms with E-state index < -0.39 is 15.9 Å². The van der Waals surface area contributed by atoms with E-state index in [1.165, 1.54) is 0 Å². The van der Waals surface area contributed by atoms with E-state index in [4.69, 9.17) is 11.6 Å². The second-order valence-corrected chi connectivity index (χ2v) is 8.37. The van der Waals surface area contributed by atoms with Crippen molar-refractivity contribution in [3.05, 3.63) is 64.2 Å². The SMILES string of the molecule is Cc1cccc(CN(CC(=O)Nc2cccc(Cl)c2C)S(C)(=O)=O)c1. The molecule has 1 amide bonds. The lowest BCUT2D eigenvalue weighted by atomic mass is 10.1. The summed E-state index contributed by atoms with van der Waals surface area (Å²) in [4.78, 5) is 12.3. The Kier molecular flexibility index (Phi) is 6.21. The van der Waals surface area contributed by atoms with Gasteiger partial charge in [-0.15, -0.1) is 0 Å². The summed E-state index contributed by atoms with van der Waals surface area (Å²) in [5.74, 6) is -0.413. The van der Waals surface area contributed by atoms with Gasteiger partial charge >= 0.3 is 0 Å². The largest absolute Gasteiger partial charge is 0.325 e. The molecular formula is C18H21ClN2O3S. The minimum Gasteiger partial charge on any atom is -0.325 e. The van der Waals surface area contributed by atoms with Gasteiger partial charge in [0.05, 0.1) is 12.8 Å². The second-order valence-electron chi connectivity index (χ2n) is 5.98. The topological polar surface area (TPSA) is 66.5 Å². The van der Waals surface area contributed by atoms with Crippen molar-refractivity contribution in [3.8, 4) is 0 Å². The Hall–Kier alpha value is -1.89. The molecule has 0 radical (unpaired) electrons. The zero-order valence-corrected chi connectivity index (χ0v) is 16.0. The molecular weight excluding hydrogens is 360 g/mol. The number of halogens is 1. The molecule has 0 aliphatic heterocycles. The molecule has 1 N–H and O–H groups in total. The van der Waals surface area contributed by atoms with Crippen LogP contribution in [0.25, 0.3) is 0 Å². The molecule has 0 aromatic heterocycles. The second kappa shape index (κ2) is 7.99. The smallest absolute Gasteiger partial charge is 0.239 e. The Labute approximate surface area is 153 Å². The molecule has 0 fully saturated rings. The van der Waals surface area contributed by atoms with Crippen LogP contribution in [0.1, 0.15) is 16.7 Å². The number of rotatable bonds is 6. The lowest BCUT2D eigenvalue weighted by Crippen LogP contribution is -2.37. The van der Waals surface area contributed by atoms with Crippen LogP contribution in [0.3, 0.4) is 0 Å². The summed E-state index contributed by atoms with van der Waals surface area (Å²) in [6.45, 7) is 3.60. The molecule has 2 aromatic carbocycles. The van der Waals surface area contributed by atoms with Crippen LogP contribution in [0.2, 0.25) is 5.02 Å². The number of nitrogens with one attached hydrogen (secondary N) is 1. The summed E-state index contributed by atoms with van der Waals surface area (Å²) in [7, 11) is -3.54. The molecule has 134 valence electrons. The van der Waals surface area contributed by atoms with Gasteiger partial charge < -0.3 is 5.32 Å². The van der Waals surface area contributed by atoms with Crippen molar-refractivity contribution < 1.29 is 13.2 Å². The molecule has 5 nitrogen and oxygen atoms in total. The summed E-state index contributed by atoms with van der Waals surface area (Å²) in [6, 6.07) is 12.7.